The summed E-state index contributed by atoms with van der Waals surface area (Å²) in [5.41, 5.74) is 4.95. The first kappa shape index (κ1) is 16.0. The molecule has 0 saturated carbocycles. The van der Waals surface area contributed by atoms with Crippen LogP contribution in [0.5, 0.6) is 5.75 Å². The maximum absolute atomic E-state index is 11.5. The van der Waals surface area contributed by atoms with Gasteiger partial charge in [0.15, 0.2) is 0 Å². The van der Waals surface area contributed by atoms with Gasteiger partial charge in [-0.25, -0.2) is 5.84 Å². The van der Waals surface area contributed by atoms with Crippen LogP contribution in [-0.2, 0) is 12.0 Å². The maximum atomic E-state index is 11.5. The van der Waals surface area contributed by atoms with E-state index >= 15 is 0 Å². The molecule has 0 aliphatic carbocycles. The normalized spacial score (nSPS) is 11.1. The summed E-state index contributed by atoms with van der Waals surface area (Å²) in [6.45, 7) is 6.94. The molecule has 0 heterocycles. The number of nitrogens with one attached hydrogen (secondary N) is 1. The number of amides is 1. The standard InChI is InChI=1S/C18H22N2O2/c1-18(2,3)15-7-9-16(10-8-15)22-12-13-5-4-6-14(11-13)17(21)20-19/h4-11H,12,19H2,1-3H3,(H,20,21). The van der Waals surface area contributed by atoms with E-state index in [1.54, 1.807) is 12.1 Å². The molecule has 4 nitrogen and oxygen atoms in total. The Bertz CT molecular complexity index is 643. The van der Waals surface area contributed by atoms with Crippen LogP contribution in [-0.4, -0.2) is 5.91 Å². The number of carbonyl (C=O) groups is 1. The van der Waals surface area contributed by atoms with Crippen molar-refractivity contribution in [2.45, 2.75) is 32.8 Å². The minimum absolute atomic E-state index is 0.127. The minimum atomic E-state index is -0.309. The van der Waals surface area contributed by atoms with Crippen LogP contribution in [0.3, 0.4) is 0 Å². The quantitative estimate of drug-likeness (QED) is 0.518. The van der Waals surface area contributed by atoms with Crippen molar-refractivity contribution in [2.24, 2.45) is 5.84 Å². The van der Waals surface area contributed by atoms with Gasteiger partial charge in [0.2, 0.25) is 0 Å². The Hall–Kier alpha value is -2.33. The Morgan fingerprint density at radius 2 is 1.82 bits per heavy atom. The average Bonchev–Trinajstić information content (AvgIpc) is 2.52. The number of ether oxygens (including phenoxy) is 1. The molecule has 0 radical (unpaired) electrons. The zero-order valence-electron chi connectivity index (χ0n) is 13.2. The fourth-order valence-corrected chi connectivity index (χ4v) is 2.10. The van der Waals surface area contributed by atoms with E-state index in [2.05, 4.69) is 38.3 Å². The predicted molar refractivity (Wildman–Crippen MR) is 87.6 cm³/mol. The third kappa shape index (κ3) is 4.09. The second kappa shape index (κ2) is 6.62. The van der Waals surface area contributed by atoms with E-state index in [4.69, 9.17) is 10.6 Å². The molecule has 1 amide bonds. The average molecular weight is 298 g/mol. The molecular weight excluding hydrogens is 276 g/mol. The van der Waals surface area contributed by atoms with Crippen LogP contribution in [0.25, 0.3) is 0 Å². The molecule has 22 heavy (non-hydrogen) atoms. The third-order valence-electron chi connectivity index (χ3n) is 3.45. The number of rotatable bonds is 4. The molecular formula is C18H22N2O2. The molecule has 0 unspecified atom stereocenters. The first-order valence-corrected chi connectivity index (χ1v) is 7.23. The van der Waals surface area contributed by atoms with Crippen LogP contribution < -0.4 is 16.0 Å². The molecule has 2 aromatic carbocycles. The van der Waals surface area contributed by atoms with Crippen LogP contribution in [0, 0.1) is 0 Å². The van der Waals surface area contributed by atoms with Crippen LogP contribution in [0.4, 0.5) is 0 Å². The smallest absolute Gasteiger partial charge is 0.265 e. The Morgan fingerprint density at radius 1 is 1.14 bits per heavy atom. The van der Waals surface area contributed by atoms with Gasteiger partial charge in [-0.2, -0.15) is 0 Å². The molecule has 0 bridgehead atoms. The van der Waals surface area contributed by atoms with Crippen molar-refractivity contribution in [3.8, 4) is 5.75 Å². The van der Waals surface area contributed by atoms with Crippen molar-refractivity contribution in [3.63, 3.8) is 0 Å². The van der Waals surface area contributed by atoms with E-state index in [0.717, 1.165) is 11.3 Å². The molecule has 4 heteroatoms. The van der Waals surface area contributed by atoms with E-state index < -0.39 is 0 Å². The topological polar surface area (TPSA) is 64.3 Å². The molecule has 2 aromatic rings. The highest BCUT2D eigenvalue weighted by Crippen LogP contribution is 2.24. The molecule has 0 atom stereocenters. The lowest BCUT2D eigenvalue weighted by atomic mass is 9.87. The number of hydrogen-bond acceptors (Lipinski definition) is 3. The van der Waals surface area contributed by atoms with Crippen molar-refractivity contribution >= 4 is 5.91 Å². The third-order valence-corrected chi connectivity index (χ3v) is 3.45. The number of hydrazine groups is 1. The predicted octanol–water partition coefficient (Wildman–Crippen LogP) is 3.17. The molecule has 116 valence electrons. The maximum Gasteiger partial charge on any atom is 0.265 e. The summed E-state index contributed by atoms with van der Waals surface area (Å²) in [7, 11) is 0. The second-order valence-corrected chi connectivity index (χ2v) is 6.24. The van der Waals surface area contributed by atoms with E-state index in [-0.39, 0.29) is 11.3 Å². The van der Waals surface area contributed by atoms with E-state index in [0.29, 0.717) is 12.2 Å². The number of nitrogens with two attached hydrogens (primary N) is 1. The van der Waals surface area contributed by atoms with Gasteiger partial charge in [0.1, 0.15) is 12.4 Å². The van der Waals surface area contributed by atoms with Gasteiger partial charge >= 0.3 is 0 Å². The molecule has 2 rings (SSSR count). The first-order valence-electron chi connectivity index (χ1n) is 7.23. The van der Waals surface area contributed by atoms with Crippen LogP contribution in [0.15, 0.2) is 48.5 Å². The lowest BCUT2D eigenvalue weighted by Crippen LogP contribution is -2.30. The Labute approximate surface area is 131 Å². The number of carbonyl (C=O) groups excluding carboxylic acids is 1. The lowest BCUT2D eigenvalue weighted by Gasteiger charge is -2.19. The molecule has 0 spiro atoms. The van der Waals surface area contributed by atoms with Gasteiger partial charge in [0, 0.05) is 5.56 Å². The molecule has 0 fully saturated rings. The highest BCUT2D eigenvalue weighted by molar-refractivity contribution is 5.93. The van der Waals surface area contributed by atoms with Crippen molar-refractivity contribution in [1.29, 1.82) is 0 Å². The fraction of sp³-hybridized carbons (Fsp3) is 0.278. The zero-order valence-corrected chi connectivity index (χ0v) is 13.2. The molecule has 0 saturated heterocycles. The van der Waals surface area contributed by atoms with Gasteiger partial charge in [0.25, 0.3) is 5.91 Å². The number of benzene rings is 2. The Morgan fingerprint density at radius 3 is 2.41 bits per heavy atom. The zero-order chi connectivity index (χ0) is 16.2. The molecule has 0 aromatic heterocycles. The van der Waals surface area contributed by atoms with Crippen molar-refractivity contribution < 1.29 is 9.53 Å². The summed E-state index contributed by atoms with van der Waals surface area (Å²) in [5, 5.41) is 0. The second-order valence-electron chi connectivity index (χ2n) is 6.24. The summed E-state index contributed by atoms with van der Waals surface area (Å²) in [5.74, 6) is 5.64. The van der Waals surface area contributed by atoms with E-state index in [1.807, 2.05) is 24.3 Å². The van der Waals surface area contributed by atoms with Gasteiger partial charge in [-0.3, -0.25) is 10.2 Å². The van der Waals surface area contributed by atoms with Crippen LogP contribution in [0.1, 0.15) is 42.3 Å². The molecule has 3 N–H and O–H groups in total. The van der Waals surface area contributed by atoms with Gasteiger partial charge in [-0.1, -0.05) is 45.0 Å². The van der Waals surface area contributed by atoms with E-state index in [9.17, 15) is 4.79 Å². The molecule has 0 aliphatic heterocycles. The van der Waals surface area contributed by atoms with Crippen LogP contribution in [0.2, 0.25) is 0 Å². The summed E-state index contributed by atoms with van der Waals surface area (Å²) in [4.78, 5) is 11.5. The van der Waals surface area contributed by atoms with Crippen molar-refractivity contribution in [3.05, 3.63) is 65.2 Å². The van der Waals surface area contributed by atoms with Gasteiger partial charge < -0.3 is 4.74 Å². The summed E-state index contributed by atoms with van der Waals surface area (Å²) < 4.78 is 5.77. The largest absolute Gasteiger partial charge is 0.489 e. The minimum Gasteiger partial charge on any atom is -0.489 e. The monoisotopic (exact) mass is 298 g/mol. The summed E-state index contributed by atoms with van der Waals surface area (Å²) in [6.07, 6.45) is 0. The summed E-state index contributed by atoms with van der Waals surface area (Å²) in [6, 6.07) is 15.3. The molecule has 0 aliphatic rings. The summed E-state index contributed by atoms with van der Waals surface area (Å²) >= 11 is 0. The lowest BCUT2D eigenvalue weighted by molar-refractivity contribution is 0.0953. The van der Waals surface area contributed by atoms with Gasteiger partial charge in [-0.15, -0.1) is 0 Å². The SMILES string of the molecule is CC(C)(C)c1ccc(OCc2cccc(C(=O)NN)c2)cc1. The first-order chi connectivity index (χ1) is 10.4. The van der Waals surface area contributed by atoms with Gasteiger partial charge in [-0.05, 0) is 40.8 Å². The number of hydrogen-bond donors (Lipinski definition) is 2. The Balaban J connectivity index is 2.03. The number of nitrogen functional groups attached to an aromatic ring is 1. The Kier molecular flexibility index (Phi) is 4.83. The highest BCUT2D eigenvalue weighted by atomic mass is 16.5. The van der Waals surface area contributed by atoms with Crippen LogP contribution >= 0.6 is 0 Å². The van der Waals surface area contributed by atoms with E-state index in [1.165, 1.54) is 5.56 Å². The van der Waals surface area contributed by atoms with Gasteiger partial charge in [0.05, 0.1) is 0 Å². The van der Waals surface area contributed by atoms with Crippen molar-refractivity contribution in [1.82, 2.24) is 5.43 Å². The fourth-order valence-electron chi connectivity index (χ4n) is 2.10. The van der Waals surface area contributed by atoms with Crippen molar-refractivity contribution in [2.75, 3.05) is 0 Å². The highest BCUT2D eigenvalue weighted by Gasteiger charge is 2.13.